The molecular formula is C12H10F3NO4S. The molecule has 1 aromatic carbocycles. The van der Waals surface area contributed by atoms with Gasteiger partial charge in [0.05, 0.1) is 11.1 Å². The smallest absolute Gasteiger partial charge is 0.269 e. The van der Waals surface area contributed by atoms with Gasteiger partial charge in [-0.25, -0.2) is 13.3 Å². The maximum Gasteiger partial charge on any atom is 0.423 e. The summed E-state index contributed by atoms with van der Waals surface area (Å²) in [6.45, 7) is 1.02. The predicted molar refractivity (Wildman–Crippen MR) is 66.2 cm³/mol. The van der Waals surface area contributed by atoms with Crippen molar-refractivity contribution in [1.29, 1.82) is 0 Å². The number of carbonyl (C=O) groups excluding carboxylic acids is 2. The molecular weight excluding hydrogens is 311 g/mol. The predicted octanol–water partition coefficient (Wildman–Crippen LogP) is 1.61. The van der Waals surface area contributed by atoms with Gasteiger partial charge in [0.25, 0.3) is 11.8 Å². The number of rotatable bonds is 3. The highest BCUT2D eigenvalue weighted by atomic mass is 32.2. The molecule has 1 heterocycles. The molecule has 1 aliphatic rings. The fourth-order valence-electron chi connectivity index (χ4n) is 2.09. The molecule has 0 aliphatic carbocycles. The molecule has 1 atom stereocenters. The van der Waals surface area contributed by atoms with Crippen LogP contribution < -0.4 is 0 Å². The number of hydrogen-bond acceptors (Lipinski definition) is 4. The minimum absolute atomic E-state index is 0.219. The summed E-state index contributed by atoms with van der Waals surface area (Å²) in [4.78, 5) is 23.8. The van der Waals surface area contributed by atoms with Crippen molar-refractivity contribution >= 4 is 21.7 Å². The molecule has 114 valence electrons. The molecule has 0 saturated carbocycles. The molecule has 2 rings (SSSR count). The van der Waals surface area contributed by atoms with Gasteiger partial charge in [-0.3, -0.25) is 9.59 Å². The van der Waals surface area contributed by atoms with Crippen LogP contribution in [0.3, 0.4) is 0 Å². The monoisotopic (exact) mass is 321 g/mol. The van der Waals surface area contributed by atoms with Gasteiger partial charge < -0.3 is 0 Å². The van der Waals surface area contributed by atoms with Crippen molar-refractivity contribution in [2.45, 2.75) is 18.5 Å². The maximum atomic E-state index is 13.1. The van der Waals surface area contributed by atoms with Gasteiger partial charge in [0.1, 0.15) is 0 Å². The lowest BCUT2D eigenvalue weighted by atomic mass is 10.1. The number of amides is 2. The number of benzene rings is 1. The lowest BCUT2D eigenvalue weighted by Crippen LogP contribution is -2.53. The van der Waals surface area contributed by atoms with Crippen molar-refractivity contribution in [3.8, 4) is 0 Å². The van der Waals surface area contributed by atoms with Crippen molar-refractivity contribution in [3.63, 3.8) is 0 Å². The van der Waals surface area contributed by atoms with Crippen molar-refractivity contribution < 1.29 is 31.2 Å². The van der Waals surface area contributed by atoms with E-state index in [-0.39, 0.29) is 16.0 Å². The molecule has 1 aromatic rings. The standard InChI is InChI=1S/C12H10F3NO4S/c1-2-21(19,20)11(12(13,14)15)16-9(17)7-5-3-4-6-8(7)10(16)18/h3-6,11H,2H2,1H3. The Morgan fingerprint density at radius 1 is 1.10 bits per heavy atom. The molecule has 0 aromatic heterocycles. The fourth-order valence-corrected chi connectivity index (χ4v) is 3.32. The Morgan fingerprint density at radius 2 is 1.52 bits per heavy atom. The number of alkyl halides is 3. The van der Waals surface area contributed by atoms with Crippen LogP contribution in [0.25, 0.3) is 0 Å². The van der Waals surface area contributed by atoms with Crippen LogP contribution in [0.2, 0.25) is 0 Å². The third-order valence-electron chi connectivity index (χ3n) is 3.08. The summed E-state index contributed by atoms with van der Waals surface area (Å²) in [6.07, 6.45) is -5.26. The first kappa shape index (κ1) is 15.5. The molecule has 0 N–H and O–H groups in total. The van der Waals surface area contributed by atoms with E-state index in [0.29, 0.717) is 0 Å². The quantitative estimate of drug-likeness (QED) is 0.793. The summed E-state index contributed by atoms with van der Waals surface area (Å²) in [7, 11) is -4.73. The van der Waals surface area contributed by atoms with E-state index in [9.17, 15) is 31.2 Å². The van der Waals surface area contributed by atoms with E-state index < -0.39 is 39.0 Å². The summed E-state index contributed by atoms with van der Waals surface area (Å²) in [5.41, 5.74) is -0.467. The van der Waals surface area contributed by atoms with E-state index in [4.69, 9.17) is 0 Å². The number of imide groups is 1. The molecule has 0 bridgehead atoms. The molecule has 0 spiro atoms. The van der Waals surface area contributed by atoms with E-state index in [0.717, 1.165) is 6.92 Å². The highest BCUT2D eigenvalue weighted by Gasteiger charge is 2.57. The Hall–Kier alpha value is -1.90. The molecule has 0 radical (unpaired) electrons. The Labute approximate surface area is 118 Å². The zero-order valence-electron chi connectivity index (χ0n) is 10.7. The first-order valence-corrected chi connectivity index (χ1v) is 7.58. The molecule has 2 amide bonds. The van der Waals surface area contributed by atoms with E-state index in [1.54, 1.807) is 0 Å². The van der Waals surface area contributed by atoms with Gasteiger partial charge in [0.15, 0.2) is 9.84 Å². The summed E-state index contributed by atoms with van der Waals surface area (Å²) >= 11 is 0. The van der Waals surface area contributed by atoms with Crippen LogP contribution in [-0.2, 0) is 9.84 Å². The van der Waals surface area contributed by atoms with Crippen molar-refractivity contribution in [2.24, 2.45) is 0 Å². The van der Waals surface area contributed by atoms with Gasteiger partial charge in [0.2, 0.25) is 5.37 Å². The van der Waals surface area contributed by atoms with Crippen LogP contribution in [0, 0.1) is 0 Å². The number of hydrogen-bond donors (Lipinski definition) is 0. The van der Waals surface area contributed by atoms with Gasteiger partial charge in [-0.05, 0) is 12.1 Å². The van der Waals surface area contributed by atoms with Crippen LogP contribution in [0.5, 0.6) is 0 Å². The molecule has 0 saturated heterocycles. The molecule has 5 nitrogen and oxygen atoms in total. The average molecular weight is 321 g/mol. The van der Waals surface area contributed by atoms with E-state index >= 15 is 0 Å². The second-order valence-corrected chi connectivity index (χ2v) is 6.72. The number of sulfone groups is 1. The number of carbonyl (C=O) groups is 2. The lowest BCUT2D eigenvalue weighted by Gasteiger charge is -2.27. The molecule has 9 heteroatoms. The number of fused-ring (bicyclic) bond motifs is 1. The van der Waals surface area contributed by atoms with Crippen molar-refractivity contribution in [2.75, 3.05) is 5.75 Å². The lowest BCUT2D eigenvalue weighted by molar-refractivity contribution is -0.148. The maximum absolute atomic E-state index is 13.1. The largest absolute Gasteiger partial charge is 0.423 e. The van der Waals surface area contributed by atoms with Crippen LogP contribution in [-0.4, -0.2) is 42.4 Å². The Bertz CT molecular complexity index is 676. The second kappa shape index (κ2) is 4.83. The summed E-state index contributed by atoms with van der Waals surface area (Å²) in [5, 5.41) is -3.16. The van der Waals surface area contributed by atoms with Gasteiger partial charge in [0, 0.05) is 5.75 Å². The van der Waals surface area contributed by atoms with E-state index in [1.807, 2.05) is 0 Å². The number of halogens is 3. The topological polar surface area (TPSA) is 71.5 Å². The Morgan fingerprint density at radius 3 is 1.86 bits per heavy atom. The second-order valence-electron chi connectivity index (χ2n) is 4.37. The Balaban J connectivity index is 2.60. The van der Waals surface area contributed by atoms with Crippen LogP contribution in [0.1, 0.15) is 27.6 Å². The van der Waals surface area contributed by atoms with Gasteiger partial charge in [-0.15, -0.1) is 0 Å². The third kappa shape index (κ3) is 2.41. The summed E-state index contributed by atoms with van der Waals surface area (Å²) in [5.74, 6) is -3.35. The first-order chi connectivity index (χ1) is 9.61. The average Bonchev–Trinajstić information content (AvgIpc) is 2.63. The normalized spacial score (nSPS) is 17.0. The van der Waals surface area contributed by atoms with Gasteiger partial charge >= 0.3 is 6.18 Å². The minimum Gasteiger partial charge on any atom is -0.269 e. The minimum atomic E-state index is -5.26. The van der Waals surface area contributed by atoms with E-state index in [1.165, 1.54) is 24.3 Å². The summed E-state index contributed by atoms with van der Waals surface area (Å²) in [6, 6.07) is 5.12. The number of nitrogens with zero attached hydrogens (tertiary/aromatic N) is 1. The SMILES string of the molecule is CCS(=O)(=O)C(N1C(=O)c2ccccc2C1=O)C(F)(F)F. The zero-order chi connectivity index (χ0) is 16.0. The molecule has 1 aliphatic heterocycles. The first-order valence-electron chi connectivity index (χ1n) is 5.86. The summed E-state index contributed by atoms with van der Waals surface area (Å²) < 4.78 is 62.7. The van der Waals surface area contributed by atoms with Gasteiger partial charge in [-0.1, -0.05) is 19.1 Å². The van der Waals surface area contributed by atoms with Crippen LogP contribution in [0.4, 0.5) is 13.2 Å². The highest BCUT2D eigenvalue weighted by Crippen LogP contribution is 2.35. The fraction of sp³-hybridized carbons (Fsp3) is 0.333. The molecule has 21 heavy (non-hydrogen) atoms. The highest BCUT2D eigenvalue weighted by molar-refractivity contribution is 7.92. The van der Waals surface area contributed by atoms with Crippen molar-refractivity contribution in [1.82, 2.24) is 4.90 Å². The van der Waals surface area contributed by atoms with Gasteiger partial charge in [-0.2, -0.15) is 13.2 Å². The van der Waals surface area contributed by atoms with Crippen molar-refractivity contribution in [3.05, 3.63) is 35.4 Å². The van der Waals surface area contributed by atoms with Crippen LogP contribution in [0.15, 0.2) is 24.3 Å². The third-order valence-corrected chi connectivity index (χ3v) is 5.05. The zero-order valence-corrected chi connectivity index (χ0v) is 11.5. The van der Waals surface area contributed by atoms with E-state index in [2.05, 4.69) is 0 Å². The molecule has 0 fully saturated rings. The van der Waals surface area contributed by atoms with Crippen LogP contribution >= 0.6 is 0 Å². The Kier molecular flexibility index (Phi) is 3.56. The molecule has 1 unspecified atom stereocenters.